The predicted molar refractivity (Wildman–Crippen MR) is 42.7 cm³/mol. The van der Waals surface area contributed by atoms with Crippen LogP contribution in [0.3, 0.4) is 0 Å². The molecule has 64 valence electrons. The molecule has 1 rings (SSSR count). The van der Waals surface area contributed by atoms with Gasteiger partial charge in [-0.25, -0.2) is 0 Å². The molecule has 1 N–H and O–H groups in total. The monoisotopic (exact) mass is 166 g/mol. The fraction of sp³-hybridized carbons (Fsp3) is 0.375. The minimum atomic E-state index is -0.786. The topological polar surface area (TPSA) is 63.1 Å². The van der Waals surface area contributed by atoms with Crippen LogP contribution in [0.15, 0.2) is 12.3 Å². The largest absolute Gasteiger partial charge is 0.481 e. The van der Waals surface area contributed by atoms with Crippen molar-refractivity contribution < 1.29 is 9.90 Å². The molecule has 4 heteroatoms. The zero-order chi connectivity index (χ0) is 8.97. The van der Waals surface area contributed by atoms with Crippen LogP contribution >= 0.6 is 0 Å². The Morgan fingerprint density at radius 1 is 1.67 bits per heavy atom. The molecule has 1 aromatic heterocycles. The first-order chi connectivity index (χ1) is 5.70. The maximum atomic E-state index is 10.2. The van der Waals surface area contributed by atoms with Gasteiger partial charge in [0, 0.05) is 12.6 Å². The number of nitrogens with zero attached hydrogens (tertiary/aromatic N) is 2. The minimum absolute atomic E-state index is 0.145. The third-order valence-corrected chi connectivity index (χ3v) is 1.62. The van der Waals surface area contributed by atoms with E-state index in [1.54, 1.807) is 12.3 Å². The summed E-state index contributed by atoms with van der Waals surface area (Å²) in [4.78, 5) is 10.2. The Labute approximate surface area is 70.3 Å². The number of rotatable bonds is 3. The van der Waals surface area contributed by atoms with Crippen molar-refractivity contribution in [1.29, 1.82) is 0 Å². The molecule has 1 aromatic rings. The van der Waals surface area contributed by atoms with E-state index in [-0.39, 0.29) is 6.42 Å². The van der Waals surface area contributed by atoms with Gasteiger partial charge < -0.3 is 5.11 Å². The number of carbonyl (C=O) groups is 1. The highest BCUT2D eigenvalue weighted by atomic mass is 16.4. The number of carboxylic acid groups (broad SMARTS) is 1. The SMILES string of the molecule is Cc1nnccc1CCC(=O)O. The van der Waals surface area contributed by atoms with Gasteiger partial charge in [-0.15, -0.1) is 0 Å². The van der Waals surface area contributed by atoms with Crippen LogP contribution in [0, 0.1) is 6.92 Å². The second kappa shape index (κ2) is 3.80. The lowest BCUT2D eigenvalue weighted by atomic mass is 10.1. The minimum Gasteiger partial charge on any atom is -0.481 e. The molecular weight excluding hydrogens is 156 g/mol. The molecule has 0 unspecified atom stereocenters. The van der Waals surface area contributed by atoms with Gasteiger partial charge in [0.2, 0.25) is 0 Å². The van der Waals surface area contributed by atoms with Crippen molar-refractivity contribution in [3.05, 3.63) is 23.5 Å². The van der Waals surface area contributed by atoms with Gasteiger partial charge in [0.05, 0.1) is 5.69 Å². The molecule has 0 amide bonds. The lowest BCUT2D eigenvalue weighted by Crippen LogP contribution is -2.00. The molecular formula is C8H10N2O2. The van der Waals surface area contributed by atoms with Crippen LogP contribution in [-0.4, -0.2) is 21.3 Å². The van der Waals surface area contributed by atoms with Crippen LogP contribution in [0.1, 0.15) is 17.7 Å². The van der Waals surface area contributed by atoms with E-state index in [0.29, 0.717) is 6.42 Å². The third-order valence-electron chi connectivity index (χ3n) is 1.62. The zero-order valence-electron chi connectivity index (χ0n) is 6.82. The third kappa shape index (κ3) is 2.30. The highest BCUT2D eigenvalue weighted by Crippen LogP contribution is 2.04. The van der Waals surface area contributed by atoms with E-state index in [4.69, 9.17) is 5.11 Å². The van der Waals surface area contributed by atoms with Crippen molar-refractivity contribution in [3.63, 3.8) is 0 Å². The highest BCUT2D eigenvalue weighted by Gasteiger charge is 2.01. The summed E-state index contributed by atoms with van der Waals surface area (Å²) in [5.74, 6) is -0.786. The molecule has 0 aliphatic carbocycles. The van der Waals surface area contributed by atoms with E-state index < -0.39 is 5.97 Å². The Kier molecular flexibility index (Phi) is 2.74. The molecule has 0 aliphatic heterocycles. The van der Waals surface area contributed by atoms with Crippen molar-refractivity contribution in [3.8, 4) is 0 Å². The number of hydrogen-bond acceptors (Lipinski definition) is 3. The lowest BCUT2D eigenvalue weighted by molar-refractivity contribution is -0.136. The van der Waals surface area contributed by atoms with Gasteiger partial charge in [0.25, 0.3) is 0 Å². The Morgan fingerprint density at radius 2 is 2.42 bits per heavy atom. The fourth-order valence-corrected chi connectivity index (χ4v) is 0.934. The van der Waals surface area contributed by atoms with E-state index in [0.717, 1.165) is 11.3 Å². The van der Waals surface area contributed by atoms with Gasteiger partial charge in [0.15, 0.2) is 0 Å². The molecule has 0 radical (unpaired) electrons. The quantitative estimate of drug-likeness (QED) is 0.721. The Morgan fingerprint density at radius 3 is 3.00 bits per heavy atom. The van der Waals surface area contributed by atoms with Crippen LogP contribution in [0.2, 0.25) is 0 Å². The molecule has 0 aliphatic rings. The summed E-state index contributed by atoms with van der Waals surface area (Å²) in [6, 6.07) is 1.80. The first-order valence-corrected chi connectivity index (χ1v) is 3.69. The Balaban J connectivity index is 2.63. The molecule has 0 atom stereocenters. The van der Waals surface area contributed by atoms with Gasteiger partial charge in [-0.2, -0.15) is 10.2 Å². The molecule has 0 spiro atoms. The number of carboxylic acids is 1. The molecule has 1 heterocycles. The van der Waals surface area contributed by atoms with E-state index >= 15 is 0 Å². The van der Waals surface area contributed by atoms with E-state index in [1.165, 1.54) is 0 Å². The van der Waals surface area contributed by atoms with Crippen LogP contribution in [0.5, 0.6) is 0 Å². The fourth-order valence-electron chi connectivity index (χ4n) is 0.934. The van der Waals surface area contributed by atoms with Crippen LogP contribution < -0.4 is 0 Å². The van der Waals surface area contributed by atoms with Gasteiger partial charge in [-0.3, -0.25) is 4.79 Å². The lowest BCUT2D eigenvalue weighted by Gasteiger charge is -1.99. The molecule has 0 bridgehead atoms. The Bertz CT molecular complexity index is 286. The van der Waals surface area contributed by atoms with Crippen LogP contribution in [-0.2, 0) is 11.2 Å². The van der Waals surface area contributed by atoms with Crippen molar-refractivity contribution >= 4 is 5.97 Å². The summed E-state index contributed by atoms with van der Waals surface area (Å²) < 4.78 is 0. The van der Waals surface area contributed by atoms with Crippen LogP contribution in [0.4, 0.5) is 0 Å². The maximum absolute atomic E-state index is 10.2. The maximum Gasteiger partial charge on any atom is 0.303 e. The van der Waals surface area contributed by atoms with Crippen molar-refractivity contribution in [2.75, 3.05) is 0 Å². The number of aryl methyl sites for hydroxylation is 2. The first-order valence-electron chi connectivity index (χ1n) is 3.69. The summed E-state index contributed by atoms with van der Waals surface area (Å²) in [5.41, 5.74) is 1.76. The van der Waals surface area contributed by atoms with Gasteiger partial charge in [-0.05, 0) is 25.0 Å². The number of hydrogen-bond donors (Lipinski definition) is 1. The van der Waals surface area contributed by atoms with Crippen molar-refractivity contribution in [2.45, 2.75) is 19.8 Å². The predicted octanol–water partition coefficient (Wildman–Crippen LogP) is 0.802. The normalized spacial score (nSPS) is 9.75. The molecule has 0 aromatic carbocycles. The molecule has 4 nitrogen and oxygen atoms in total. The molecule has 0 saturated heterocycles. The number of aliphatic carboxylic acids is 1. The smallest absolute Gasteiger partial charge is 0.303 e. The van der Waals surface area contributed by atoms with Crippen molar-refractivity contribution in [2.24, 2.45) is 0 Å². The van der Waals surface area contributed by atoms with E-state index in [2.05, 4.69) is 10.2 Å². The van der Waals surface area contributed by atoms with Crippen LogP contribution in [0.25, 0.3) is 0 Å². The first kappa shape index (κ1) is 8.64. The van der Waals surface area contributed by atoms with Gasteiger partial charge in [-0.1, -0.05) is 0 Å². The highest BCUT2D eigenvalue weighted by molar-refractivity contribution is 5.67. The van der Waals surface area contributed by atoms with Gasteiger partial charge in [0.1, 0.15) is 0 Å². The zero-order valence-corrected chi connectivity index (χ0v) is 6.82. The average molecular weight is 166 g/mol. The van der Waals surface area contributed by atoms with Crippen molar-refractivity contribution in [1.82, 2.24) is 10.2 Å². The van der Waals surface area contributed by atoms with E-state index in [1.807, 2.05) is 6.92 Å². The summed E-state index contributed by atoms with van der Waals surface area (Å²) >= 11 is 0. The second-order valence-electron chi connectivity index (χ2n) is 2.54. The van der Waals surface area contributed by atoms with E-state index in [9.17, 15) is 4.79 Å². The standard InChI is InChI=1S/C8H10N2O2/c1-6-7(2-3-8(11)12)4-5-9-10-6/h4-5H,2-3H2,1H3,(H,11,12). The molecule has 0 saturated carbocycles. The Hall–Kier alpha value is -1.45. The second-order valence-corrected chi connectivity index (χ2v) is 2.54. The average Bonchev–Trinajstić information content (AvgIpc) is 2.03. The molecule has 12 heavy (non-hydrogen) atoms. The molecule has 0 fully saturated rings. The summed E-state index contributed by atoms with van der Waals surface area (Å²) in [6.07, 6.45) is 2.24. The summed E-state index contributed by atoms with van der Waals surface area (Å²) in [6.45, 7) is 1.82. The summed E-state index contributed by atoms with van der Waals surface area (Å²) in [5, 5.41) is 15.9. The van der Waals surface area contributed by atoms with Gasteiger partial charge >= 0.3 is 5.97 Å². The number of aromatic nitrogens is 2. The summed E-state index contributed by atoms with van der Waals surface area (Å²) in [7, 11) is 0.